The summed E-state index contributed by atoms with van der Waals surface area (Å²) in [6, 6.07) is 14.6. The zero-order chi connectivity index (χ0) is 21.8. The van der Waals surface area contributed by atoms with Crippen LogP contribution >= 0.6 is 11.6 Å². The second-order valence-corrected chi connectivity index (χ2v) is 8.00. The lowest BCUT2D eigenvalue weighted by Crippen LogP contribution is -2.40. The van der Waals surface area contributed by atoms with Gasteiger partial charge in [0.05, 0.1) is 5.92 Å². The van der Waals surface area contributed by atoms with Crippen molar-refractivity contribution >= 4 is 23.5 Å². The fourth-order valence-corrected chi connectivity index (χ4v) is 3.60. The van der Waals surface area contributed by atoms with E-state index in [0.29, 0.717) is 42.3 Å². The predicted octanol–water partition coefficient (Wildman–Crippen LogP) is 4.29. The number of aromatic nitrogens is 2. The molecule has 0 radical (unpaired) electrons. The van der Waals surface area contributed by atoms with Crippen molar-refractivity contribution in [3.63, 3.8) is 0 Å². The number of hydrogen-bond donors (Lipinski definition) is 0. The summed E-state index contributed by atoms with van der Waals surface area (Å²) in [5.74, 6) is 0.0831. The Kier molecular flexibility index (Phi) is 6.32. The topological polar surface area (TPSA) is 85.5 Å². The quantitative estimate of drug-likeness (QED) is 0.551. The molecule has 0 saturated carbocycles. The molecule has 3 aromatic rings. The number of hydrogen-bond acceptors (Lipinski definition) is 6. The molecule has 31 heavy (non-hydrogen) atoms. The summed E-state index contributed by atoms with van der Waals surface area (Å²) in [4.78, 5) is 31.0. The van der Waals surface area contributed by atoms with Crippen molar-refractivity contribution in [1.29, 1.82) is 0 Å². The van der Waals surface area contributed by atoms with Gasteiger partial charge in [-0.15, -0.1) is 0 Å². The third-order valence-corrected chi connectivity index (χ3v) is 5.57. The molecule has 4 rings (SSSR count). The van der Waals surface area contributed by atoms with Crippen LogP contribution in [0.2, 0.25) is 5.02 Å². The fraction of sp³-hybridized carbons (Fsp3) is 0.304. The van der Waals surface area contributed by atoms with Crippen LogP contribution in [0, 0.1) is 12.8 Å². The van der Waals surface area contributed by atoms with Gasteiger partial charge < -0.3 is 14.2 Å². The zero-order valence-electron chi connectivity index (χ0n) is 17.1. The maximum Gasteiger partial charge on any atom is 0.309 e. The van der Waals surface area contributed by atoms with Crippen LogP contribution in [0.4, 0.5) is 0 Å². The van der Waals surface area contributed by atoms with Crippen molar-refractivity contribution in [2.75, 3.05) is 13.1 Å². The number of aryl methyl sites for hydroxylation is 1. The van der Waals surface area contributed by atoms with Gasteiger partial charge in [0.25, 0.3) is 11.8 Å². The third-order valence-electron chi connectivity index (χ3n) is 5.32. The van der Waals surface area contributed by atoms with Gasteiger partial charge >= 0.3 is 5.97 Å². The van der Waals surface area contributed by atoms with Gasteiger partial charge in [0.15, 0.2) is 6.61 Å². The van der Waals surface area contributed by atoms with Crippen molar-refractivity contribution in [3.05, 3.63) is 70.6 Å². The highest BCUT2D eigenvalue weighted by Gasteiger charge is 2.29. The number of benzene rings is 2. The molecule has 0 spiro atoms. The number of piperidine rings is 1. The van der Waals surface area contributed by atoms with Gasteiger partial charge in [-0.05, 0) is 44.0 Å². The van der Waals surface area contributed by atoms with Crippen LogP contribution in [-0.2, 0) is 16.1 Å². The Labute approximate surface area is 185 Å². The number of carbonyl (C=O) groups excluding carboxylic acids is 2. The van der Waals surface area contributed by atoms with E-state index in [2.05, 4.69) is 10.1 Å². The van der Waals surface area contributed by atoms with Gasteiger partial charge in [-0.3, -0.25) is 9.59 Å². The van der Waals surface area contributed by atoms with Gasteiger partial charge in [-0.1, -0.05) is 46.6 Å². The highest BCUT2D eigenvalue weighted by molar-refractivity contribution is 6.30. The van der Waals surface area contributed by atoms with Crippen LogP contribution < -0.4 is 0 Å². The van der Waals surface area contributed by atoms with Gasteiger partial charge in [0.1, 0.15) is 0 Å². The largest absolute Gasteiger partial charge is 0.455 e. The molecule has 8 heteroatoms. The van der Waals surface area contributed by atoms with E-state index >= 15 is 0 Å². The van der Waals surface area contributed by atoms with E-state index < -0.39 is 0 Å². The summed E-state index contributed by atoms with van der Waals surface area (Å²) < 4.78 is 10.6. The number of carbonyl (C=O) groups is 2. The van der Waals surface area contributed by atoms with Crippen molar-refractivity contribution in [3.8, 4) is 11.4 Å². The van der Waals surface area contributed by atoms with E-state index in [9.17, 15) is 9.59 Å². The molecule has 0 N–H and O–H groups in total. The number of ether oxygens (including phenoxy) is 1. The first-order valence-corrected chi connectivity index (χ1v) is 10.5. The molecule has 2 heterocycles. The van der Waals surface area contributed by atoms with E-state index in [4.69, 9.17) is 20.9 Å². The van der Waals surface area contributed by atoms with Gasteiger partial charge in [0.2, 0.25) is 5.82 Å². The normalized spacial score (nSPS) is 14.5. The first-order valence-electron chi connectivity index (χ1n) is 10.1. The highest BCUT2D eigenvalue weighted by Crippen LogP contribution is 2.22. The Bertz CT molecular complexity index is 1060. The van der Waals surface area contributed by atoms with E-state index in [1.807, 2.05) is 31.2 Å². The second kappa shape index (κ2) is 9.31. The summed E-state index contributed by atoms with van der Waals surface area (Å²) in [7, 11) is 0. The summed E-state index contributed by atoms with van der Waals surface area (Å²) >= 11 is 5.88. The number of amides is 1. The summed E-state index contributed by atoms with van der Waals surface area (Å²) in [5.41, 5.74) is 2.57. The fourth-order valence-electron chi connectivity index (χ4n) is 3.48. The number of halogens is 1. The number of likely N-dealkylation sites (tertiary alicyclic amines) is 1. The molecular formula is C23H22ClN3O4. The Balaban J connectivity index is 1.26. The van der Waals surface area contributed by atoms with E-state index in [0.717, 1.165) is 11.1 Å². The standard InChI is InChI=1S/C23H22ClN3O4/c1-15-2-4-16(5-3-15)21-25-20(31-26-21)14-30-23(29)18-10-12-27(13-11-18)22(28)17-6-8-19(24)9-7-17/h2-9,18H,10-14H2,1H3. The van der Waals surface area contributed by atoms with Crippen LogP contribution in [0.5, 0.6) is 0 Å². The number of rotatable bonds is 5. The van der Waals surface area contributed by atoms with Crippen LogP contribution in [0.15, 0.2) is 53.1 Å². The Hall–Kier alpha value is -3.19. The molecule has 0 aliphatic carbocycles. The minimum absolute atomic E-state index is 0.0574. The molecule has 1 aliphatic rings. The third kappa shape index (κ3) is 5.11. The van der Waals surface area contributed by atoms with Crippen molar-refractivity contribution in [1.82, 2.24) is 15.0 Å². The molecule has 0 atom stereocenters. The number of nitrogens with zero attached hydrogens (tertiary/aromatic N) is 3. The van der Waals surface area contributed by atoms with Crippen LogP contribution in [0.25, 0.3) is 11.4 Å². The highest BCUT2D eigenvalue weighted by atomic mass is 35.5. The zero-order valence-corrected chi connectivity index (χ0v) is 17.8. The molecule has 0 unspecified atom stereocenters. The Morgan fingerprint density at radius 1 is 1.10 bits per heavy atom. The lowest BCUT2D eigenvalue weighted by atomic mass is 9.96. The first kappa shape index (κ1) is 21.1. The molecule has 2 aromatic carbocycles. The molecule has 160 valence electrons. The molecule has 1 fully saturated rings. The molecule has 1 aromatic heterocycles. The van der Waals surface area contributed by atoms with E-state index in [1.54, 1.807) is 29.2 Å². The predicted molar refractivity (Wildman–Crippen MR) is 114 cm³/mol. The molecule has 1 amide bonds. The first-order chi connectivity index (χ1) is 15.0. The van der Waals surface area contributed by atoms with Gasteiger partial charge in [-0.25, -0.2) is 0 Å². The molecule has 1 aliphatic heterocycles. The molecule has 0 bridgehead atoms. The van der Waals surface area contributed by atoms with Gasteiger partial charge in [0, 0.05) is 29.2 Å². The smallest absolute Gasteiger partial charge is 0.309 e. The van der Waals surface area contributed by atoms with Crippen LogP contribution in [0.3, 0.4) is 0 Å². The Morgan fingerprint density at radius 3 is 2.45 bits per heavy atom. The average Bonchev–Trinajstić information content (AvgIpc) is 3.27. The van der Waals surface area contributed by atoms with Crippen molar-refractivity contribution in [2.45, 2.75) is 26.4 Å². The van der Waals surface area contributed by atoms with Gasteiger partial charge in [-0.2, -0.15) is 4.98 Å². The Morgan fingerprint density at radius 2 is 1.77 bits per heavy atom. The SMILES string of the molecule is Cc1ccc(-c2noc(COC(=O)C3CCN(C(=O)c4ccc(Cl)cc4)CC3)n2)cc1. The van der Waals surface area contributed by atoms with Crippen LogP contribution in [-0.4, -0.2) is 40.0 Å². The molecule has 1 saturated heterocycles. The number of esters is 1. The maximum absolute atomic E-state index is 12.6. The van der Waals surface area contributed by atoms with E-state index in [1.165, 1.54) is 0 Å². The minimum Gasteiger partial charge on any atom is -0.455 e. The lowest BCUT2D eigenvalue weighted by molar-refractivity contribution is -0.152. The minimum atomic E-state index is -0.311. The van der Waals surface area contributed by atoms with Crippen molar-refractivity contribution in [2.24, 2.45) is 5.92 Å². The summed E-state index contributed by atoms with van der Waals surface area (Å²) in [6.45, 7) is 2.93. The summed E-state index contributed by atoms with van der Waals surface area (Å²) in [5, 5.41) is 4.53. The summed E-state index contributed by atoms with van der Waals surface area (Å²) in [6.07, 6.45) is 1.10. The van der Waals surface area contributed by atoms with Crippen LogP contribution in [0.1, 0.15) is 34.7 Å². The average molecular weight is 440 g/mol. The maximum atomic E-state index is 12.6. The van der Waals surface area contributed by atoms with E-state index in [-0.39, 0.29) is 30.3 Å². The molecule has 7 nitrogen and oxygen atoms in total. The molecular weight excluding hydrogens is 418 g/mol. The lowest BCUT2D eigenvalue weighted by Gasteiger charge is -2.30. The second-order valence-electron chi connectivity index (χ2n) is 7.56. The van der Waals surface area contributed by atoms with Crippen molar-refractivity contribution < 1.29 is 18.8 Å². The monoisotopic (exact) mass is 439 g/mol.